The van der Waals surface area contributed by atoms with E-state index in [9.17, 15) is 8.42 Å². The molecular formula is C14H22ClNO3S2. The van der Waals surface area contributed by atoms with Crippen molar-refractivity contribution in [1.29, 1.82) is 0 Å². The Kier molecular flexibility index (Phi) is 7.33. The minimum Gasteiger partial charge on any atom is -0.494 e. The van der Waals surface area contributed by atoms with Crippen molar-refractivity contribution in [3.8, 4) is 5.75 Å². The molecule has 0 aliphatic heterocycles. The molecule has 0 aliphatic carbocycles. The zero-order valence-corrected chi connectivity index (χ0v) is 15.2. The van der Waals surface area contributed by atoms with E-state index in [1.807, 2.05) is 20.1 Å². The maximum absolute atomic E-state index is 12.6. The van der Waals surface area contributed by atoms with E-state index in [2.05, 4.69) is 0 Å². The first-order chi connectivity index (χ1) is 9.88. The molecule has 120 valence electrons. The van der Waals surface area contributed by atoms with Crippen LogP contribution in [0, 0.1) is 0 Å². The van der Waals surface area contributed by atoms with Crippen LogP contribution in [0.5, 0.6) is 5.75 Å². The summed E-state index contributed by atoms with van der Waals surface area (Å²) in [5, 5.41) is 0. The number of alkyl halides is 1. The highest BCUT2D eigenvalue weighted by Crippen LogP contribution is 2.26. The third-order valence-corrected chi connectivity index (χ3v) is 6.25. The molecular weight excluding hydrogens is 330 g/mol. The number of hydrogen-bond donors (Lipinski definition) is 0. The van der Waals surface area contributed by atoms with Gasteiger partial charge in [-0.25, -0.2) is 8.42 Å². The fourth-order valence-corrected chi connectivity index (χ4v) is 4.29. The zero-order chi connectivity index (χ0) is 16.0. The highest BCUT2D eigenvalue weighted by molar-refractivity contribution is 7.98. The lowest BCUT2D eigenvalue weighted by molar-refractivity contribution is 0.337. The van der Waals surface area contributed by atoms with E-state index in [0.29, 0.717) is 17.9 Å². The van der Waals surface area contributed by atoms with Crippen LogP contribution in [-0.4, -0.2) is 44.4 Å². The first kappa shape index (κ1) is 18.6. The minimum absolute atomic E-state index is 0.0731. The fraction of sp³-hybridized carbons (Fsp3) is 0.571. The van der Waals surface area contributed by atoms with E-state index in [1.165, 1.54) is 4.31 Å². The van der Waals surface area contributed by atoms with Gasteiger partial charge in [-0.05, 0) is 38.3 Å². The molecule has 0 heterocycles. The van der Waals surface area contributed by atoms with Crippen molar-refractivity contribution in [2.24, 2.45) is 0 Å². The second kappa shape index (κ2) is 8.27. The Morgan fingerprint density at radius 1 is 1.43 bits per heavy atom. The third-order valence-electron chi connectivity index (χ3n) is 3.18. The summed E-state index contributed by atoms with van der Waals surface area (Å²) in [6, 6.07) is 4.76. The molecule has 1 aromatic carbocycles. The van der Waals surface area contributed by atoms with Crippen molar-refractivity contribution in [3.05, 3.63) is 23.8 Å². The van der Waals surface area contributed by atoms with Crippen molar-refractivity contribution >= 4 is 33.4 Å². The van der Waals surface area contributed by atoms with Crippen LogP contribution in [0.4, 0.5) is 0 Å². The summed E-state index contributed by atoms with van der Waals surface area (Å²) < 4.78 is 32.1. The summed E-state index contributed by atoms with van der Waals surface area (Å²) in [4.78, 5) is 0.247. The number of hydrogen-bond acceptors (Lipinski definition) is 4. The lowest BCUT2D eigenvalue weighted by Gasteiger charge is -2.24. The molecule has 0 saturated carbocycles. The standard InChI is InChI=1S/C14H22ClNO3S2/c1-5-19-14-7-6-13(8-12(14)9-15)21(17,18)16(3)11(2)10-20-4/h6-8,11H,5,9-10H2,1-4H3. The van der Waals surface area contributed by atoms with Gasteiger partial charge >= 0.3 is 0 Å². The van der Waals surface area contributed by atoms with Crippen molar-refractivity contribution in [1.82, 2.24) is 4.31 Å². The molecule has 0 amide bonds. The number of nitrogens with zero attached hydrogens (tertiary/aromatic N) is 1. The van der Waals surface area contributed by atoms with Gasteiger partial charge < -0.3 is 4.74 Å². The SMILES string of the molecule is CCOc1ccc(S(=O)(=O)N(C)C(C)CSC)cc1CCl. The van der Waals surface area contributed by atoms with Crippen LogP contribution in [0.15, 0.2) is 23.1 Å². The van der Waals surface area contributed by atoms with Crippen molar-refractivity contribution in [3.63, 3.8) is 0 Å². The molecule has 1 atom stereocenters. The van der Waals surface area contributed by atoms with Crippen LogP contribution in [0.2, 0.25) is 0 Å². The third kappa shape index (κ3) is 4.52. The van der Waals surface area contributed by atoms with E-state index in [0.717, 1.165) is 5.75 Å². The normalized spacial score (nSPS) is 13.4. The molecule has 0 radical (unpaired) electrons. The van der Waals surface area contributed by atoms with Crippen LogP contribution in [0.3, 0.4) is 0 Å². The molecule has 1 aromatic rings. The van der Waals surface area contributed by atoms with E-state index < -0.39 is 10.0 Å². The Labute approximate surface area is 136 Å². The van der Waals surface area contributed by atoms with Gasteiger partial charge in [-0.15, -0.1) is 11.6 Å². The molecule has 0 fully saturated rings. The van der Waals surface area contributed by atoms with Crippen LogP contribution >= 0.6 is 23.4 Å². The van der Waals surface area contributed by atoms with Crippen LogP contribution in [-0.2, 0) is 15.9 Å². The second-order valence-corrected chi connectivity index (χ2v) is 7.84. The molecule has 0 aromatic heterocycles. The maximum atomic E-state index is 12.6. The van der Waals surface area contributed by atoms with Gasteiger partial charge in [0.1, 0.15) is 5.75 Å². The molecule has 0 spiro atoms. The van der Waals surface area contributed by atoms with Gasteiger partial charge in [0.25, 0.3) is 0 Å². The van der Waals surface area contributed by atoms with Crippen LogP contribution in [0.1, 0.15) is 19.4 Å². The van der Waals surface area contributed by atoms with Gasteiger partial charge in [0.2, 0.25) is 10.0 Å². The Balaban J connectivity index is 3.14. The number of sulfonamides is 1. The van der Waals surface area contributed by atoms with Gasteiger partial charge in [0.05, 0.1) is 17.4 Å². The predicted octanol–water partition coefficient (Wildman–Crippen LogP) is 3.20. The fourth-order valence-electron chi connectivity index (χ4n) is 1.87. The van der Waals surface area contributed by atoms with Crippen molar-refractivity contribution in [2.75, 3.05) is 25.7 Å². The quantitative estimate of drug-likeness (QED) is 0.675. The Morgan fingerprint density at radius 2 is 2.10 bits per heavy atom. The Morgan fingerprint density at radius 3 is 2.62 bits per heavy atom. The monoisotopic (exact) mass is 351 g/mol. The molecule has 1 unspecified atom stereocenters. The molecule has 4 nitrogen and oxygen atoms in total. The number of ether oxygens (including phenoxy) is 1. The van der Waals surface area contributed by atoms with E-state index in [-0.39, 0.29) is 16.8 Å². The van der Waals surface area contributed by atoms with Gasteiger partial charge in [-0.1, -0.05) is 0 Å². The Bertz CT molecular complexity index is 563. The van der Waals surface area contributed by atoms with Crippen molar-refractivity contribution < 1.29 is 13.2 Å². The maximum Gasteiger partial charge on any atom is 0.243 e. The molecule has 0 bridgehead atoms. The molecule has 21 heavy (non-hydrogen) atoms. The molecule has 7 heteroatoms. The smallest absolute Gasteiger partial charge is 0.243 e. The highest BCUT2D eigenvalue weighted by atomic mass is 35.5. The lowest BCUT2D eigenvalue weighted by Crippen LogP contribution is -2.36. The molecule has 0 saturated heterocycles. The number of halogens is 1. The number of rotatable bonds is 8. The summed E-state index contributed by atoms with van der Waals surface area (Å²) in [6.45, 7) is 4.28. The summed E-state index contributed by atoms with van der Waals surface area (Å²) in [6.07, 6.45) is 1.96. The summed E-state index contributed by atoms with van der Waals surface area (Å²) in [7, 11) is -1.91. The molecule has 0 aliphatic rings. The summed E-state index contributed by atoms with van der Waals surface area (Å²) in [5.74, 6) is 1.59. The van der Waals surface area contributed by atoms with Crippen LogP contribution in [0.25, 0.3) is 0 Å². The average molecular weight is 352 g/mol. The number of thioether (sulfide) groups is 1. The zero-order valence-electron chi connectivity index (χ0n) is 12.8. The first-order valence-electron chi connectivity index (χ1n) is 6.67. The van der Waals surface area contributed by atoms with Gasteiger partial charge in [-0.3, -0.25) is 0 Å². The topological polar surface area (TPSA) is 46.6 Å². The minimum atomic E-state index is -3.52. The summed E-state index contributed by atoms with van der Waals surface area (Å²) in [5.41, 5.74) is 0.686. The highest BCUT2D eigenvalue weighted by Gasteiger charge is 2.25. The first-order valence-corrected chi connectivity index (χ1v) is 10.0. The van der Waals surface area contributed by atoms with E-state index in [1.54, 1.807) is 37.0 Å². The molecule has 1 rings (SSSR count). The van der Waals surface area contributed by atoms with Gasteiger partial charge in [0.15, 0.2) is 0 Å². The predicted molar refractivity (Wildman–Crippen MR) is 90.0 cm³/mol. The van der Waals surface area contributed by atoms with E-state index in [4.69, 9.17) is 16.3 Å². The van der Waals surface area contributed by atoms with Crippen LogP contribution < -0.4 is 4.74 Å². The van der Waals surface area contributed by atoms with Gasteiger partial charge in [-0.2, -0.15) is 16.1 Å². The van der Waals surface area contributed by atoms with Crippen molar-refractivity contribution in [2.45, 2.75) is 30.7 Å². The Hall–Kier alpha value is -0.430. The number of benzene rings is 1. The largest absolute Gasteiger partial charge is 0.494 e. The van der Waals surface area contributed by atoms with E-state index >= 15 is 0 Å². The lowest BCUT2D eigenvalue weighted by atomic mass is 10.2. The molecule has 0 N–H and O–H groups in total. The average Bonchev–Trinajstić information content (AvgIpc) is 2.47. The van der Waals surface area contributed by atoms with Gasteiger partial charge in [0, 0.05) is 24.4 Å². The second-order valence-electron chi connectivity index (χ2n) is 4.66. The summed E-state index contributed by atoms with van der Waals surface area (Å²) >= 11 is 7.51.